The maximum Gasteiger partial charge on any atom is 0.328 e. The summed E-state index contributed by atoms with van der Waals surface area (Å²) in [6.07, 6.45) is 4.54. The Labute approximate surface area is 97.2 Å². The summed E-state index contributed by atoms with van der Waals surface area (Å²) in [5.41, 5.74) is 6.38. The fourth-order valence-corrected chi connectivity index (χ4v) is 2.11. The van der Waals surface area contributed by atoms with Crippen molar-refractivity contribution in [2.75, 3.05) is 5.73 Å². The van der Waals surface area contributed by atoms with Gasteiger partial charge in [0, 0.05) is 24.3 Å². The van der Waals surface area contributed by atoms with Crippen molar-refractivity contribution in [1.82, 2.24) is 14.1 Å². The van der Waals surface area contributed by atoms with Gasteiger partial charge in [0.25, 0.3) is 0 Å². The lowest BCUT2D eigenvalue weighted by Gasteiger charge is -1.98. The van der Waals surface area contributed by atoms with Crippen LogP contribution in [0.15, 0.2) is 22.6 Å². The average Bonchev–Trinajstić information content (AvgIpc) is 2.80. The fourth-order valence-electron chi connectivity index (χ4n) is 1.55. The quantitative estimate of drug-likeness (QED) is 0.868. The van der Waals surface area contributed by atoms with Gasteiger partial charge in [0.1, 0.15) is 0 Å². The molecule has 0 amide bonds. The van der Waals surface area contributed by atoms with E-state index < -0.39 is 0 Å². The molecule has 0 aliphatic rings. The van der Waals surface area contributed by atoms with Crippen LogP contribution in [0.4, 0.5) is 5.13 Å². The van der Waals surface area contributed by atoms with E-state index in [0.29, 0.717) is 11.7 Å². The average molecular weight is 238 g/mol. The third kappa shape index (κ3) is 2.16. The molecule has 0 saturated carbocycles. The first kappa shape index (κ1) is 10.9. The zero-order valence-corrected chi connectivity index (χ0v) is 9.91. The molecule has 2 aromatic rings. The van der Waals surface area contributed by atoms with Crippen molar-refractivity contribution in [3.8, 4) is 0 Å². The van der Waals surface area contributed by atoms with Crippen LogP contribution < -0.4 is 11.4 Å². The second-order valence-electron chi connectivity index (χ2n) is 3.58. The Hall–Kier alpha value is -1.56. The first-order chi connectivity index (χ1) is 7.70. The summed E-state index contributed by atoms with van der Waals surface area (Å²) in [6, 6.07) is 0. The van der Waals surface area contributed by atoms with Crippen LogP contribution in [0.1, 0.15) is 19.0 Å². The van der Waals surface area contributed by atoms with Crippen LogP contribution in [0.3, 0.4) is 0 Å². The van der Waals surface area contributed by atoms with Gasteiger partial charge in [-0.05, 0) is 6.42 Å². The number of nitrogens with two attached hydrogens (primary N) is 1. The minimum absolute atomic E-state index is 0.00780. The van der Waals surface area contributed by atoms with E-state index in [9.17, 15) is 4.79 Å². The van der Waals surface area contributed by atoms with Crippen LogP contribution in [-0.4, -0.2) is 14.1 Å². The van der Waals surface area contributed by atoms with Crippen molar-refractivity contribution in [2.24, 2.45) is 0 Å². The highest BCUT2D eigenvalue weighted by atomic mass is 32.1. The van der Waals surface area contributed by atoms with Crippen molar-refractivity contribution in [3.05, 3.63) is 34.0 Å². The lowest BCUT2D eigenvalue weighted by Crippen LogP contribution is -2.24. The summed E-state index contributed by atoms with van der Waals surface area (Å²) in [4.78, 5) is 16.0. The predicted octanol–water partition coefficient (Wildman–Crippen LogP) is 1.15. The molecule has 5 nitrogen and oxygen atoms in total. The van der Waals surface area contributed by atoms with E-state index in [-0.39, 0.29) is 5.69 Å². The Balaban J connectivity index is 2.19. The first-order valence-electron chi connectivity index (χ1n) is 5.16. The number of hydrogen-bond donors (Lipinski definition) is 1. The third-order valence-electron chi connectivity index (χ3n) is 2.28. The minimum Gasteiger partial charge on any atom is -0.375 e. The molecule has 2 heterocycles. The molecule has 2 rings (SSSR count). The molecule has 2 N–H and O–H groups in total. The number of rotatable bonds is 4. The molecule has 0 aromatic carbocycles. The van der Waals surface area contributed by atoms with Gasteiger partial charge in [-0.25, -0.2) is 9.78 Å². The van der Waals surface area contributed by atoms with E-state index in [1.165, 1.54) is 11.3 Å². The van der Waals surface area contributed by atoms with Gasteiger partial charge in [-0.1, -0.05) is 6.92 Å². The normalized spacial score (nSPS) is 10.8. The van der Waals surface area contributed by atoms with Crippen molar-refractivity contribution >= 4 is 16.5 Å². The molecule has 0 spiro atoms. The molecule has 16 heavy (non-hydrogen) atoms. The minimum atomic E-state index is 0.00780. The highest BCUT2D eigenvalue weighted by Crippen LogP contribution is 2.11. The second kappa shape index (κ2) is 4.52. The number of nitrogen functional groups attached to an aromatic ring is 1. The van der Waals surface area contributed by atoms with Crippen LogP contribution >= 0.6 is 11.3 Å². The first-order valence-corrected chi connectivity index (χ1v) is 6.04. The number of aromatic nitrogens is 3. The van der Waals surface area contributed by atoms with Crippen LogP contribution in [0, 0.1) is 0 Å². The van der Waals surface area contributed by atoms with E-state index in [0.717, 1.165) is 18.7 Å². The lowest BCUT2D eigenvalue weighted by molar-refractivity contribution is 0.622. The summed E-state index contributed by atoms with van der Waals surface area (Å²) >= 11 is 1.39. The zero-order chi connectivity index (χ0) is 11.5. The number of imidazole rings is 1. The van der Waals surface area contributed by atoms with E-state index in [4.69, 9.17) is 5.73 Å². The van der Waals surface area contributed by atoms with Crippen molar-refractivity contribution in [3.63, 3.8) is 0 Å². The smallest absolute Gasteiger partial charge is 0.328 e. The molecular weight excluding hydrogens is 224 g/mol. The highest BCUT2D eigenvalue weighted by molar-refractivity contribution is 7.13. The van der Waals surface area contributed by atoms with Gasteiger partial charge in [-0.2, -0.15) is 0 Å². The van der Waals surface area contributed by atoms with Gasteiger partial charge in [-0.3, -0.25) is 9.13 Å². The number of hydrogen-bond acceptors (Lipinski definition) is 4. The van der Waals surface area contributed by atoms with Gasteiger partial charge >= 0.3 is 5.69 Å². The number of aryl methyl sites for hydroxylation is 1. The predicted molar refractivity (Wildman–Crippen MR) is 64.6 cm³/mol. The molecule has 86 valence electrons. The van der Waals surface area contributed by atoms with Crippen molar-refractivity contribution in [2.45, 2.75) is 26.4 Å². The Morgan fingerprint density at radius 1 is 1.44 bits per heavy atom. The lowest BCUT2D eigenvalue weighted by atomic mass is 10.5. The molecule has 0 radical (unpaired) electrons. The Morgan fingerprint density at radius 3 is 2.81 bits per heavy atom. The highest BCUT2D eigenvalue weighted by Gasteiger charge is 2.05. The summed E-state index contributed by atoms with van der Waals surface area (Å²) < 4.78 is 3.35. The van der Waals surface area contributed by atoms with Crippen LogP contribution in [-0.2, 0) is 13.1 Å². The fraction of sp³-hybridized carbons (Fsp3) is 0.400. The van der Waals surface area contributed by atoms with Gasteiger partial charge in [-0.15, -0.1) is 11.3 Å². The zero-order valence-electron chi connectivity index (χ0n) is 9.09. The summed E-state index contributed by atoms with van der Waals surface area (Å²) in [6.45, 7) is 3.29. The van der Waals surface area contributed by atoms with Crippen LogP contribution in [0.5, 0.6) is 0 Å². The van der Waals surface area contributed by atoms with Gasteiger partial charge in [0.05, 0.1) is 12.2 Å². The van der Waals surface area contributed by atoms with Gasteiger partial charge < -0.3 is 5.73 Å². The monoisotopic (exact) mass is 238 g/mol. The molecule has 0 saturated heterocycles. The second-order valence-corrected chi connectivity index (χ2v) is 4.47. The summed E-state index contributed by atoms with van der Waals surface area (Å²) in [5, 5.41) is 2.41. The van der Waals surface area contributed by atoms with Crippen LogP contribution in [0.2, 0.25) is 0 Å². The standard InChI is InChI=1S/C10H14N4OS/c1-2-3-13-4-5-14(10(13)15)6-8-7-16-9(11)12-8/h4-5,7H,2-3,6H2,1H3,(H2,11,12). The van der Waals surface area contributed by atoms with Crippen molar-refractivity contribution in [1.29, 1.82) is 0 Å². The molecule has 0 aliphatic heterocycles. The van der Waals surface area contributed by atoms with Crippen molar-refractivity contribution < 1.29 is 0 Å². The molecule has 0 fully saturated rings. The Bertz CT molecular complexity index is 525. The van der Waals surface area contributed by atoms with Gasteiger partial charge in [0.15, 0.2) is 5.13 Å². The summed E-state index contributed by atoms with van der Waals surface area (Å²) in [7, 11) is 0. The Morgan fingerprint density at radius 2 is 2.19 bits per heavy atom. The van der Waals surface area contributed by atoms with E-state index in [2.05, 4.69) is 4.98 Å². The maximum atomic E-state index is 11.8. The molecule has 0 unspecified atom stereocenters. The molecule has 2 aromatic heterocycles. The van der Waals surface area contributed by atoms with Gasteiger partial charge in [0.2, 0.25) is 0 Å². The third-order valence-corrected chi connectivity index (χ3v) is 3.01. The molecule has 0 aliphatic carbocycles. The number of thiazole rings is 1. The molecule has 0 atom stereocenters. The molecule has 6 heteroatoms. The van der Waals surface area contributed by atoms with E-state index in [1.54, 1.807) is 15.3 Å². The van der Waals surface area contributed by atoms with Crippen LogP contribution in [0.25, 0.3) is 0 Å². The number of anilines is 1. The molecular formula is C10H14N4OS. The topological polar surface area (TPSA) is 65.8 Å². The molecule has 0 bridgehead atoms. The largest absolute Gasteiger partial charge is 0.375 e. The summed E-state index contributed by atoms with van der Waals surface area (Å²) in [5.74, 6) is 0. The number of nitrogens with zero attached hydrogens (tertiary/aromatic N) is 3. The SMILES string of the molecule is CCCn1ccn(Cc2csc(N)n2)c1=O. The van der Waals surface area contributed by atoms with E-state index >= 15 is 0 Å². The maximum absolute atomic E-state index is 11.8. The van der Waals surface area contributed by atoms with E-state index in [1.807, 2.05) is 18.5 Å². The Kier molecular flexibility index (Phi) is 3.09.